The molecule has 1 aromatic heterocycles. The fraction of sp³-hybridized carbons (Fsp3) is 0.583. The lowest BCUT2D eigenvalue weighted by Crippen LogP contribution is -2.44. The van der Waals surface area contributed by atoms with Crippen LogP contribution in [0.3, 0.4) is 0 Å². The van der Waals surface area contributed by atoms with E-state index in [4.69, 9.17) is 0 Å². The number of hydrogen-bond acceptors (Lipinski definition) is 4. The van der Waals surface area contributed by atoms with Crippen molar-refractivity contribution in [3.63, 3.8) is 0 Å². The second kappa shape index (κ2) is 5.27. The predicted octanol–water partition coefficient (Wildman–Crippen LogP) is 0.553. The molecule has 0 aliphatic carbocycles. The van der Waals surface area contributed by atoms with Gasteiger partial charge in [0, 0.05) is 44.6 Å². The van der Waals surface area contributed by atoms with Crippen molar-refractivity contribution in [2.45, 2.75) is 6.54 Å². The Hall–Kier alpha value is -1.13. The third-order valence-electron chi connectivity index (χ3n) is 3.03. The second-order valence-corrected chi connectivity index (χ2v) is 4.33. The molecular weight excluding hydrogens is 200 g/mol. The topological polar surface area (TPSA) is 31.4 Å². The van der Waals surface area contributed by atoms with Crippen molar-refractivity contribution >= 4 is 5.69 Å². The summed E-state index contributed by atoms with van der Waals surface area (Å²) in [4.78, 5) is 9.14. The molecule has 0 atom stereocenters. The molecule has 4 heteroatoms. The minimum absolute atomic E-state index is 0.835. The molecule has 1 aliphatic rings. The SMILES string of the molecule is CNCc1cc(N2CCN(C)CC2)ccn1. The molecule has 0 aromatic carbocycles. The van der Waals surface area contributed by atoms with Crippen LogP contribution >= 0.6 is 0 Å². The van der Waals surface area contributed by atoms with Crippen molar-refractivity contribution in [3.8, 4) is 0 Å². The monoisotopic (exact) mass is 220 g/mol. The van der Waals surface area contributed by atoms with Crippen molar-refractivity contribution in [2.24, 2.45) is 0 Å². The number of pyridine rings is 1. The molecule has 2 heterocycles. The Kier molecular flexibility index (Phi) is 3.74. The summed E-state index contributed by atoms with van der Waals surface area (Å²) >= 11 is 0. The van der Waals surface area contributed by atoms with E-state index in [1.807, 2.05) is 13.2 Å². The highest BCUT2D eigenvalue weighted by Gasteiger charge is 2.14. The molecule has 0 spiro atoms. The molecule has 0 unspecified atom stereocenters. The van der Waals surface area contributed by atoms with Gasteiger partial charge in [-0.1, -0.05) is 0 Å². The predicted molar refractivity (Wildman–Crippen MR) is 66.7 cm³/mol. The Morgan fingerprint density at radius 3 is 2.75 bits per heavy atom. The van der Waals surface area contributed by atoms with Crippen molar-refractivity contribution in [2.75, 3.05) is 45.2 Å². The lowest BCUT2D eigenvalue weighted by molar-refractivity contribution is 0.313. The molecule has 1 saturated heterocycles. The van der Waals surface area contributed by atoms with Gasteiger partial charge in [0.15, 0.2) is 0 Å². The summed E-state index contributed by atoms with van der Waals surface area (Å²) in [6.07, 6.45) is 1.90. The lowest BCUT2D eigenvalue weighted by atomic mass is 10.2. The summed E-state index contributed by atoms with van der Waals surface area (Å²) in [5.41, 5.74) is 2.41. The quantitative estimate of drug-likeness (QED) is 0.806. The zero-order chi connectivity index (χ0) is 11.4. The van der Waals surface area contributed by atoms with Gasteiger partial charge in [-0.15, -0.1) is 0 Å². The molecule has 1 aromatic rings. The van der Waals surface area contributed by atoms with Gasteiger partial charge in [0.2, 0.25) is 0 Å². The van der Waals surface area contributed by atoms with E-state index in [2.05, 4.69) is 39.3 Å². The van der Waals surface area contributed by atoms with Gasteiger partial charge in [-0.2, -0.15) is 0 Å². The average molecular weight is 220 g/mol. The molecule has 16 heavy (non-hydrogen) atoms. The first-order chi connectivity index (χ1) is 7.79. The van der Waals surface area contributed by atoms with Gasteiger partial charge in [0.25, 0.3) is 0 Å². The van der Waals surface area contributed by atoms with Crippen molar-refractivity contribution in [3.05, 3.63) is 24.0 Å². The van der Waals surface area contributed by atoms with Crippen LogP contribution in [-0.4, -0.2) is 50.2 Å². The van der Waals surface area contributed by atoms with Crippen LogP contribution in [0.4, 0.5) is 5.69 Å². The molecule has 1 N–H and O–H groups in total. The summed E-state index contributed by atoms with van der Waals surface area (Å²) in [5.74, 6) is 0. The Morgan fingerprint density at radius 2 is 2.06 bits per heavy atom. The van der Waals surface area contributed by atoms with Gasteiger partial charge in [-0.25, -0.2) is 0 Å². The van der Waals surface area contributed by atoms with Crippen LogP contribution in [0.15, 0.2) is 18.3 Å². The van der Waals surface area contributed by atoms with E-state index in [9.17, 15) is 0 Å². The van der Waals surface area contributed by atoms with E-state index in [0.29, 0.717) is 0 Å². The van der Waals surface area contributed by atoms with E-state index >= 15 is 0 Å². The van der Waals surface area contributed by atoms with E-state index < -0.39 is 0 Å². The van der Waals surface area contributed by atoms with Crippen LogP contribution in [0.1, 0.15) is 5.69 Å². The van der Waals surface area contributed by atoms with Gasteiger partial charge in [-0.3, -0.25) is 4.98 Å². The Balaban J connectivity index is 2.05. The molecule has 2 rings (SSSR count). The molecule has 0 amide bonds. The van der Waals surface area contributed by atoms with Gasteiger partial charge in [-0.05, 0) is 26.2 Å². The Bertz CT molecular complexity index is 332. The number of hydrogen-bond donors (Lipinski definition) is 1. The van der Waals surface area contributed by atoms with Crippen molar-refractivity contribution in [1.29, 1.82) is 0 Å². The number of aromatic nitrogens is 1. The molecule has 0 bridgehead atoms. The fourth-order valence-electron chi connectivity index (χ4n) is 2.00. The van der Waals surface area contributed by atoms with Gasteiger partial charge in [0.1, 0.15) is 0 Å². The number of anilines is 1. The zero-order valence-electron chi connectivity index (χ0n) is 10.1. The maximum Gasteiger partial charge on any atom is 0.0562 e. The largest absolute Gasteiger partial charge is 0.369 e. The van der Waals surface area contributed by atoms with Gasteiger partial charge < -0.3 is 15.1 Å². The molecule has 0 saturated carbocycles. The first-order valence-electron chi connectivity index (χ1n) is 5.82. The number of nitrogens with one attached hydrogen (secondary N) is 1. The Labute approximate surface area is 97.3 Å². The summed E-state index contributed by atoms with van der Waals surface area (Å²) in [6.45, 7) is 5.34. The van der Waals surface area contributed by atoms with Crippen LogP contribution in [0.25, 0.3) is 0 Å². The van der Waals surface area contributed by atoms with Crippen LogP contribution in [-0.2, 0) is 6.54 Å². The molecular formula is C12H20N4. The highest BCUT2D eigenvalue weighted by atomic mass is 15.2. The third kappa shape index (κ3) is 2.71. The van der Waals surface area contributed by atoms with Crippen molar-refractivity contribution in [1.82, 2.24) is 15.2 Å². The molecule has 1 fully saturated rings. The smallest absolute Gasteiger partial charge is 0.0562 e. The summed E-state index contributed by atoms with van der Waals surface area (Å²) in [5, 5.41) is 3.13. The number of nitrogens with zero attached hydrogens (tertiary/aromatic N) is 3. The maximum absolute atomic E-state index is 4.34. The van der Waals surface area contributed by atoms with Crippen LogP contribution in [0.2, 0.25) is 0 Å². The summed E-state index contributed by atoms with van der Waals surface area (Å²) in [6, 6.07) is 4.28. The van der Waals surface area contributed by atoms with Crippen molar-refractivity contribution < 1.29 is 0 Å². The van der Waals surface area contributed by atoms with Gasteiger partial charge in [0.05, 0.1) is 5.69 Å². The van der Waals surface area contributed by atoms with E-state index in [1.54, 1.807) is 0 Å². The summed E-state index contributed by atoms with van der Waals surface area (Å²) < 4.78 is 0. The van der Waals surface area contributed by atoms with Crippen LogP contribution in [0.5, 0.6) is 0 Å². The number of likely N-dealkylation sites (N-methyl/N-ethyl adjacent to an activating group) is 1. The third-order valence-corrected chi connectivity index (χ3v) is 3.03. The second-order valence-electron chi connectivity index (χ2n) is 4.33. The van der Waals surface area contributed by atoms with Gasteiger partial charge >= 0.3 is 0 Å². The zero-order valence-corrected chi connectivity index (χ0v) is 10.1. The van der Waals surface area contributed by atoms with Crippen LogP contribution in [0, 0.1) is 0 Å². The normalized spacial score (nSPS) is 17.8. The van der Waals surface area contributed by atoms with E-state index in [1.165, 1.54) is 5.69 Å². The molecule has 4 nitrogen and oxygen atoms in total. The first-order valence-corrected chi connectivity index (χ1v) is 5.82. The van der Waals surface area contributed by atoms with Crippen LogP contribution < -0.4 is 10.2 Å². The van der Waals surface area contributed by atoms with E-state index in [-0.39, 0.29) is 0 Å². The fourth-order valence-corrected chi connectivity index (χ4v) is 2.00. The minimum atomic E-state index is 0.835. The highest BCUT2D eigenvalue weighted by Crippen LogP contribution is 2.16. The standard InChI is InChI=1S/C12H20N4/c1-13-10-11-9-12(3-4-14-11)16-7-5-15(2)6-8-16/h3-4,9,13H,5-8,10H2,1-2H3. The number of piperazine rings is 1. The minimum Gasteiger partial charge on any atom is -0.369 e. The molecule has 1 aliphatic heterocycles. The number of rotatable bonds is 3. The highest BCUT2D eigenvalue weighted by molar-refractivity contribution is 5.47. The summed E-state index contributed by atoms with van der Waals surface area (Å²) in [7, 11) is 4.13. The van der Waals surface area contributed by atoms with E-state index in [0.717, 1.165) is 38.4 Å². The maximum atomic E-state index is 4.34. The average Bonchev–Trinajstić information content (AvgIpc) is 2.31. The Morgan fingerprint density at radius 1 is 1.31 bits per heavy atom. The lowest BCUT2D eigenvalue weighted by Gasteiger charge is -2.34. The molecule has 88 valence electrons. The molecule has 0 radical (unpaired) electrons. The first kappa shape index (κ1) is 11.4.